The van der Waals surface area contributed by atoms with Gasteiger partial charge in [0.25, 0.3) is 0 Å². The summed E-state index contributed by atoms with van der Waals surface area (Å²) in [6, 6.07) is 17.3. The van der Waals surface area contributed by atoms with E-state index in [4.69, 9.17) is 4.74 Å². The van der Waals surface area contributed by atoms with Crippen LogP contribution >= 0.6 is 23.1 Å². The van der Waals surface area contributed by atoms with E-state index in [9.17, 15) is 4.79 Å². The highest BCUT2D eigenvalue weighted by molar-refractivity contribution is 7.98. The average molecular weight is 438 g/mol. The second-order valence-corrected chi connectivity index (χ2v) is 8.03. The van der Waals surface area contributed by atoms with Crippen molar-refractivity contribution in [3.05, 3.63) is 72.0 Å². The minimum Gasteiger partial charge on any atom is -0.495 e. The number of aromatic nitrogens is 4. The van der Waals surface area contributed by atoms with Gasteiger partial charge in [-0.2, -0.15) is 0 Å². The summed E-state index contributed by atoms with van der Waals surface area (Å²) in [5, 5.41) is 11.6. The molecule has 2 aromatic carbocycles. The summed E-state index contributed by atoms with van der Waals surface area (Å²) in [4.78, 5) is 18.6. The number of ether oxygens (including phenoxy) is 1. The Bertz CT molecular complexity index is 1140. The van der Waals surface area contributed by atoms with Crippen molar-refractivity contribution in [3.8, 4) is 11.4 Å². The Labute approximate surface area is 182 Å². The van der Waals surface area contributed by atoms with Crippen molar-refractivity contribution in [2.45, 2.75) is 17.8 Å². The predicted octanol–water partition coefficient (Wildman–Crippen LogP) is 4.71. The van der Waals surface area contributed by atoms with Gasteiger partial charge in [0.15, 0.2) is 10.3 Å². The van der Waals surface area contributed by atoms with Gasteiger partial charge in [0.1, 0.15) is 12.1 Å². The molecule has 30 heavy (non-hydrogen) atoms. The normalized spacial score (nSPS) is 10.7. The molecule has 0 radical (unpaired) electrons. The minimum atomic E-state index is -0.128. The number of para-hydroxylation sites is 3. The number of methoxy groups -OCH3 is 1. The lowest BCUT2D eigenvalue weighted by Crippen LogP contribution is -2.23. The summed E-state index contributed by atoms with van der Waals surface area (Å²) < 4.78 is 7.36. The van der Waals surface area contributed by atoms with Gasteiger partial charge in [0.2, 0.25) is 5.91 Å². The first-order chi connectivity index (χ1) is 14.7. The van der Waals surface area contributed by atoms with Crippen LogP contribution in [-0.2, 0) is 10.5 Å². The Morgan fingerprint density at radius 2 is 1.93 bits per heavy atom. The highest BCUT2D eigenvalue weighted by atomic mass is 32.2. The monoisotopic (exact) mass is 437 g/mol. The van der Waals surface area contributed by atoms with Crippen LogP contribution < -0.4 is 9.64 Å². The van der Waals surface area contributed by atoms with E-state index in [0.29, 0.717) is 22.3 Å². The van der Waals surface area contributed by atoms with Crippen molar-refractivity contribution in [1.29, 1.82) is 0 Å². The van der Waals surface area contributed by atoms with Crippen molar-refractivity contribution < 1.29 is 9.53 Å². The Morgan fingerprint density at radius 3 is 2.70 bits per heavy atom. The van der Waals surface area contributed by atoms with Gasteiger partial charge in [0, 0.05) is 23.7 Å². The van der Waals surface area contributed by atoms with Crippen LogP contribution in [0.3, 0.4) is 0 Å². The summed E-state index contributed by atoms with van der Waals surface area (Å²) in [7, 11) is 1.59. The van der Waals surface area contributed by atoms with Crippen LogP contribution in [0.1, 0.15) is 12.6 Å². The zero-order valence-corrected chi connectivity index (χ0v) is 18.1. The fourth-order valence-corrected chi connectivity index (χ4v) is 4.72. The first-order valence-corrected chi connectivity index (χ1v) is 11.0. The van der Waals surface area contributed by atoms with E-state index in [1.54, 1.807) is 30.1 Å². The number of rotatable bonds is 7. The van der Waals surface area contributed by atoms with E-state index >= 15 is 0 Å². The molecule has 0 aliphatic carbocycles. The quantitative estimate of drug-likeness (QED) is 0.390. The molecule has 0 saturated carbocycles. The lowest BCUT2D eigenvalue weighted by molar-refractivity contribution is -0.115. The summed E-state index contributed by atoms with van der Waals surface area (Å²) in [6.45, 7) is 1.52. The van der Waals surface area contributed by atoms with E-state index in [-0.39, 0.29) is 5.91 Å². The maximum Gasteiger partial charge on any atom is 0.230 e. The maximum absolute atomic E-state index is 12.4. The molecule has 0 fully saturated rings. The zero-order chi connectivity index (χ0) is 20.9. The number of nitrogens with zero attached hydrogens (tertiary/aromatic N) is 5. The molecule has 2 heterocycles. The average Bonchev–Trinajstić information content (AvgIpc) is 3.43. The highest BCUT2D eigenvalue weighted by Gasteiger charge is 2.21. The number of carbonyl (C=O) groups excluding carboxylic acids is 1. The van der Waals surface area contributed by atoms with Crippen molar-refractivity contribution in [2.24, 2.45) is 0 Å². The number of carbonyl (C=O) groups is 1. The summed E-state index contributed by atoms with van der Waals surface area (Å²) in [5.74, 6) is 1.10. The third kappa shape index (κ3) is 4.22. The molecule has 4 aromatic rings. The van der Waals surface area contributed by atoms with E-state index in [1.165, 1.54) is 18.3 Å². The van der Waals surface area contributed by atoms with Gasteiger partial charge in [-0.05, 0) is 24.3 Å². The lowest BCUT2D eigenvalue weighted by Gasteiger charge is -2.20. The van der Waals surface area contributed by atoms with E-state index in [2.05, 4.69) is 15.2 Å². The van der Waals surface area contributed by atoms with Crippen LogP contribution in [0.5, 0.6) is 5.75 Å². The summed E-state index contributed by atoms with van der Waals surface area (Å²) in [6.07, 6.45) is 1.70. The van der Waals surface area contributed by atoms with Gasteiger partial charge >= 0.3 is 0 Å². The van der Waals surface area contributed by atoms with E-state index in [1.807, 2.05) is 64.5 Å². The zero-order valence-electron chi connectivity index (χ0n) is 16.4. The molecule has 2 aromatic heterocycles. The highest BCUT2D eigenvalue weighted by Crippen LogP contribution is 2.36. The Kier molecular flexibility index (Phi) is 6.10. The summed E-state index contributed by atoms with van der Waals surface area (Å²) >= 11 is 2.96. The Balaban J connectivity index is 1.53. The molecule has 1 amide bonds. The number of thioether (sulfide) groups is 1. The maximum atomic E-state index is 12.4. The van der Waals surface area contributed by atoms with Crippen LogP contribution in [0, 0.1) is 0 Å². The second kappa shape index (κ2) is 9.10. The number of hydrogen-bond acceptors (Lipinski definition) is 7. The number of hydrogen-bond donors (Lipinski definition) is 0. The molecule has 7 nitrogen and oxygen atoms in total. The van der Waals surface area contributed by atoms with Gasteiger partial charge in [0.05, 0.1) is 18.5 Å². The molecule has 0 atom stereocenters. The van der Waals surface area contributed by atoms with Crippen molar-refractivity contribution in [3.63, 3.8) is 0 Å². The first-order valence-electron chi connectivity index (χ1n) is 9.13. The number of benzene rings is 2. The van der Waals surface area contributed by atoms with Crippen LogP contribution in [0.25, 0.3) is 5.69 Å². The Morgan fingerprint density at radius 1 is 1.17 bits per heavy atom. The van der Waals surface area contributed by atoms with Crippen molar-refractivity contribution >= 4 is 39.8 Å². The SMILES string of the molecule is COc1ccccc1N(C(C)=O)c1nc(CSc2nncn2-c2ccccc2)cs1. The van der Waals surface area contributed by atoms with Crippen LogP contribution in [0.2, 0.25) is 0 Å². The van der Waals surface area contributed by atoms with Crippen molar-refractivity contribution in [2.75, 3.05) is 12.0 Å². The van der Waals surface area contributed by atoms with E-state index < -0.39 is 0 Å². The third-order valence-corrected chi connectivity index (χ3v) is 6.12. The van der Waals surface area contributed by atoms with Gasteiger partial charge in [-0.3, -0.25) is 14.3 Å². The topological polar surface area (TPSA) is 73.1 Å². The molecular weight excluding hydrogens is 418 g/mol. The molecule has 0 spiro atoms. The number of amides is 1. The molecule has 9 heteroatoms. The predicted molar refractivity (Wildman–Crippen MR) is 119 cm³/mol. The molecule has 0 unspecified atom stereocenters. The molecule has 0 aliphatic rings. The smallest absolute Gasteiger partial charge is 0.230 e. The van der Waals surface area contributed by atoms with Gasteiger partial charge in [-0.15, -0.1) is 21.5 Å². The molecule has 0 N–H and O–H groups in total. The third-order valence-electron chi connectivity index (χ3n) is 4.27. The minimum absolute atomic E-state index is 0.128. The summed E-state index contributed by atoms with van der Waals surface area (Å²) in [5.41, 5.74) is 2.54. The number of thiazole rings is 1. The molecule has 0 aliphatic heterocycles. The molecule has 0 saturated heterocycles. The van der Waals surface area contributed by atoms with Gasteiger partial charge < -0.3 is 4.74 Å². The lowest BCUT2D eigenvalue weighted by atomic mass is 10.2. The molecule has 0 bridgehead atoms. The second-order valence-electron chi connectivity index (χ2n) is 6.26. The Hall–Kier alpha value is -3.17. The standard InChI is InChI=1S/C21H19N5O2S2/c1-15(27)26(18-10-6-7-11-19(18)28-2)20-23-16(12-29-20)13-30-21-24-22-14-25(21)17-8-4-3-5-9-17/h3-12,14H,13H2,1-2H3. The van der Waals surface area contributed by atoms with Crippen molar-refractivity contribution in [1.82, 2.24) is 19.7 Å². The molecular formula is C21H19N5O2S2. The van der Waals surface area contributed by atoms with Gasteiger partial charge in [-0.1, -0.05) is 42.1 Å². The van der Waals surface area contributed by atoms with Crippen LogP contribution in [-0.4, -0.2) is 32.8 Å². The fraction of sp³-hybridized carbons (Fsp3) is 0.143. The number of anilines is 2. The van der Waals surface area contributed by atoms with Crippen LogP contribution in [0.15, 0.2) is 71.5 Å². The fourth-order valence-electron chi connectivity index (χ4n) is 2.91. The molecule has 152 valence electrons. The van der Waals surface area contributed by atoms with Crippen LogP contribution in [0.4, 0.5) is 10.8 Å². The first kappa shape index (κ1) is 20.1. The largest absolute Gasteiger partial charge is 0.495 e. The molecule has 4 rings (SSSR count). The van der Waals surface area contributed by atoms with E-state index in [0.717, 1.165) is 16.5 Å². The van der Waals surface area contributed by atoms with Gasteiger partial charge in [-0.25, -0.2) is 4.98 Å².